The monoisotopic (exact) mass is 458 g/mol. The second-order valence-electron chi connectivity index (χ2n) is 6.35. The summed E-state index contributed by atoms with van der Waals surface area (Å²) in [7, 11) is 0. The van der Waals surface area contributed by atoms with E-state index in [9.17, 15) is 18.4 Å². The molecule has 0 radical (unpaired) electrons. The number of halogens is 2. The van der Waals surface area contributed by atoms with Gasteiger partial charge in [0, 0.05) is 23.7 Å². The number of nitrogens with zero attached hydrogens (tertiary/aromatic N) is 3. The van der Waals surface area contributed by atoms with Gasteiger partial charge < -0.3 is 15.0 Å². The van der Waals surface area contributed by atoms with Crippen LogP contribution in [0.3, 0.4) is 0 Å². The molecule has 0 spiro atoms. The third-order valence-corrected chi connectivity index (χ3v) is 4.89. The molecule has 0 saturated carbocycles. The van der Waals surface area contributed by atoms with Crippen molar-refractivity contribution in [2.75, 3.05) is 25.0 Å². The normalized spacial score (nSPS) is 10.2. The molecule has 1 amide bonds. The van der Waals surface area contributed by atoms with Gasteiger partial charge in [-0.1, -0.05) is 23.9 Å². The highest BCUT2D eigenvalue weighted by Gasteiger charge is 2.18. The number of anilines is 2. The summed E-state index contributed by atoms with van der Waals surface area (Å²) in [6.07, 6.45) is 0.207. The minimum atomic E-state index is -2.51. The quantitative estimate of drug-likeness (QED) is 0.389. The van der Waals surface area contributed by atoms with Crippen LogP contribution in [0.25, 0.3) is 0 Å². The Bertz CT molecular complexity index is 985. The van der Waals surface area contributed by atoms with Gasteiger partial charge in [-0.2, -0.15) is 19.3 Å². The highest BCUT2D eigenvalue weighted by Crippen LogP contribution is 2.28. The number of amides is 1. The van der Waals surface area contributed by atoms with Crippen LogP contribution in [0.5, 0.6) is 0 Å². The zero-order valence-electron chi connectivity index (χ0n) is 17.0. The predicted molar refractivity (Wildman–Crippen MR) is 115 cm³/mol. The van der Waals surface area contributed by atoms with Crippen molar-refractivity contribution in [2.24, 2.45) is 0 Å². The summed E-state index contributed by atoms with van der Waals surface area (Å²) < 4.78 is 30.1. The third kappa shape index (κ3) is 7.89. The maximum absolute atomic E-state index is 12.6. The van der Waals surface area contributed by atoms with Crippen LogP contribution >= 0.6 is 11.8 Å². The standard InChI is InChI=1S/C22H20F2N4O3S/c23-22(24)32-17-9-7-16(8-10-17)27-19-6-2-1-5-18(19)21(30)31-15-20(29)28(13-3-11-25)14-4-12-26/h1-2,5-10,22,27H,3-4,13-15H2. The summed E-state index contributed by atoms with van der Waals surface area (Å²) in [4.78, 5) is 26.6. The molecule has 166 valence electrons. The Morgan fingerprint density at radius 1 is 1.03 bits per heavy atom. The number of nitrogens with one attached hydrogen (secondary N) is 1. The highest BCUT2D eigenvalue weighted by atomic mass is 32.2. The lowest BCUT2D eigenvalue weighted by Crippen LogP contribution is -2.36. The fourth-order valence-electron chi connectivity index (χ4n) is 2.67. The number of ether oxygens (including phenoxy) is 1. The first-order chi connectivity index (χ1) is 15.4. The first kappa shape index (κ1) is 24.6. The third-order valence-electron chi connectivity index (χ3n) is 4.17. The summed E-state index contributed by atoms with van der Waals surface area (Å²) >= 11 is 0.436. The van der Waals surface area contributed by atoms with Gasteiger partial charge in [0.15, 0.2) is 6.61 Å². The molecule has 32 heavy (non-hydrogen) atoms. The maximum Gasteiger partial charge on any atom is 0.340 e. The molecule has 0 heterocycles. The van der Waals surface area contributed by atoms with E-state index in [1.54, 1.807) is 30.3 Å². The molecule has 0 fully saturated rings. The first-order valence-electron chi connectivity index (χ1n) is 9.54. The number of esters is 1. The first-order valence-corrected chi connectivity index (χ1v) is 10.4. The lowest BCUT2D eigenvalue weighted by atomic mass is 10.1. The van der Waals surface area contributed by atoms with Gasteiger partial charge in [-0.25, -0.2) is 4.79 Å². The molecule has 0 atom stereocenters. The minimum Gasteiger partial charge on any atom is -0.452 e. The summed E-state index contributed by atoms with van der Waals surface area (Å²) in [5.74, 6) is -3.74. The second-order valence-corrected chi connectivity index (χ2v) is 7.41. The molecule has 0 saturated heterocycles. The Kier molecular flexibility index (Phi) is 9.95. The van der Waals surface area contributed by atoms with Crippen molar-refractivity contribution in [1.82, 2.24) is 4.90 Å². The van der Waals surface area contributed by atoms with Gasteiger partial charge in [0.25, 0.3) is 11.7 Å². The number of para-hydroxylation sites is 1. The van der Waals surface area contributed by atoms with Crippen molar-refractivity contribution in [3.05, 3.63) is 54.1 Å². The molecule has 0 aromatic heterocycles. The van der Waals surface area contributed by atoms with Crippen LogP contribution in [0.1, 0.15) is 23.2 Å². The van der Waals surface area contributed by atoms with Crippen LogP contribution in [-0.2, 0) is 9.53 Å². The summed E-state index contributed by atoms with van der Waals surface area (Å²) in [5, 5.41) is 20.5. The number of carbonyl (C=O) groups excluding carboxylic acids is 2. The molecule has 10 heteroatoms. The Balaban J connectivity index is 2.03. The molecule has 2 aromatic rings. The Hall–Kier alpha value is -3.63. The molecule has 0 aliphatic heterocycles. The zero-order valence-corrected chi connectivity index (χ0v) is 17.8. The van der Waals surface area contributed by atoms with Crippen LogP contribution in [-0.4, -0.2) is 42.2 Å². The van der Waals surface area contributed by atoms with Gasteiger partial charge in [0.1, 0.15) is 0 Å². The molecule has 0 bridgehead atoms. The van der Waals surface area contributed by atoms with Crippen molar-refractivity contribution in [2.45, 2.75) is 23.5 Å². The van der Waals surface area contributed by atoms with Gasteiger partial charge in [-0.15, -0.1) is 0 Å². The van der Waals surface area contributed by atoms with E-state index < -0.39 is 24.2 Å². The van der Waals surface area contributed by atoms with E-state index in [4.69, 9.17) is 15.3 Å². The van der Waals surface area contributed by atoms with Crippen molar-refractivity contribution >= 4 is 35.0 Å². The van der Waals surface area contributed by atoms with E-state index in [1.807, 2.05) is 12.1 Å². The number of hydrogen-bond donors (Lipinski definition) is 1. The summed E-state index contributed by atoms with van der Waals surface area (Å²) in [6, 6.07) is 16.7. The fourth-order valence-corrected chi connectivity index (χ4v) is 3.17. The van der Waals surface area contributed by atoms with Crippen molar-refractivity contribution < 1.29 is 23.1 Å². The lowest BCUT2D eigenvalue weighted by molar-refractivity contribution is -0.134. The molecule has 0 aliphatic carbocycles. The highest BCUT2D eigenvalue weighted by molar-refractivity contribution is 7.99. The smallest absolute Gasteiger partial charge is 0.340 e. The lowest BCUT2D eigenvalue weighted by Gasteiger charge is -2.20. The van der Waals surface area contributed by atoms with E-state index >= 15 is 0 Å². The molecule has 7 nitrogen and oxygen atoms in total. The number of nitriles is 2. The van der Waals surface area contributed by atoms with E-state index in [0.717, 1.165) is 0 Å². The van der Waals surface area contributed by atoms with Crippen LogP contribution in [0.4, 0.5) is 20.2 Å². The van der Waals surface area contributed by atoms with Gasteiger partial charge in [-0.3, -0.25) is 4.79 Å². The molecule has 1 N–H and O–H groups in total. The molecular formula is C22H20F2N4O3S. The number of benzene rings is 2. The molecule has 2 aromatic carbocycles. The Labute approximate surface area is 188 Å². The fraction of sp³-hybridized carbons (Fsp3) is 0.273. The van der Waals surface area contributed by atoms with Gasteiger partial charge in [0.2, 0.25) is 0 Å². The molecule has 0 unspecified atom stereocenters. The van der Waals surface area contributed by atoms with Gasteiger partial charge >= 0.3 is 5.97 Å². The average molecular weight is 458 g/mol. The van der Waals surface area contributed by atoms with E-state index in [2.05, 4.69) is 5.32 Å². The second kappa shape index (κ2) is 12.9. The topological polar surface area (TPSA) is 106 Å². The largest absolute Gasteiger partial charge is 0.452 e. The number of rotatable bonds is 11. The summed E-state index contributed by atoms with van der Waals surface area (Å²) in [5.41, 5.74) is 1.19. The van der Waals surface area contributed by atoms with Crippen LogP contribution in [0, 0.1) is 22.7 Å². The SMILES string of the molecule is N#CCCN(CCC#N)C(=O)COC(=O)c1ccccc1Nc1ccc(SC(F)F)cc1. The van der Waals surface area contributed by atoms with E-state index in [-0.39, 0.29) is 31.5 Å². The van der Waals surface area contributed by atoms with E-state index in [0.29, 0.717) is 28.0 Å². The molecular weight excluding hydrogens is 438 g/mol. The van der Waals surface area contributed by atoms with E-state index in [1.165, 1.54) is 23.1 Å². The van der Waals surface area contributed by atoms with Gasteiger partial charge in [-0.05, 0) is 36.4 Å². The number of carbonyl (C=O) groups is 2. The minimum absolute atomic E-state index is 0.104. The van der Waals surface area contributed by atoms with Crippen molar-refractivity contribution in [3.63, 3.8) is 0 Å². The van der Waals surface area contributed by atoms with Crippen molar-refractivity contribution in [1.29, 1.82) is 10.5 Å². The molecule has 2 rings (SSSR count). The van der Waals surface area contributed by atoms with Crippen LogP contribution in [0.2, 0.25) is 0 Å². The average Bonchev–Trinajstić information content (AvgIpc) is 2.78. The Morgan fingerprint density at radius 3 is 2.25 bits per heavy atom. The number of hydrogen-bond acceptors (Lipinski definition) is 7. The zero-order chi connectivity index (χ0) is 23.3. The van der Waals surface area contributed by atoms with Crippen molar-refractivity contribution in [3.8, 4) is 12.1 Å². The maximum atomic E-state index is 12.6. The van der Waals surface area contributed by atoms with Crippen LogP contribution < -0.4 is 5.32 Å². The predicted octanol–water partition coefficient (Wildman–Crippen LogP) is 4.56. The number of alkyl halides is 2. The number of thioether (sulfide) groups is 1. The Morgan fingerprint density at radius 2 is 1.66 bits per heavy atom. The van der Waals surface area contributed by atoms with Crippen LogP contribution in [0.15, 0.2) is 53.4 Å². The molecule has 0 aliphatic rings. The summed E-state index contributed by atoms with van der Waals surface area (Å²) in [6.45, 7) is -0.233. The van der Waals surface area contributed by atoms with Gasteiger partial charge in [0.05, 0.1) is 36.2 Å².